The van der Waals surface area contributed by atoms with Crippen molar-refractivity contribution in [2.24, 2.45) is 0 Å². The maximum atomic E-state index is 11.5. The predicted octanol–water partition coefficient (Wildman–Crippen LogP) is 7.44. The number of benzene rings is 4. The molecule has 0 fully saturated rings. The summed E-state index contributed by atoms with van der Waals surface area (Å²) in [6.45, 7) is 8.38. The quantitative estimate of drug-likeness (QED) is 0.192. The van der Waals surface area contributed by atoms with Crippen molar-refractivity contribution in [1.82, 2.24) is 0 Å². The first kappa shape index (κ1) is 27.6. The van der Waals surface area contributed by atoms with Crippen molar-refractivity contribution in [3.05, 3.63) is 115 Å². The van der Waals surface area contributed by atoms with E-state index in [0.717, 1.165) is 92.4 Å². The molecular weight excluding hydrogens is 496 g/mol. The van der Waals surface area contributed by atoms with Gasteiger partial charge in [-0.3, -0.25) is 0 Å². The van der Waals surface area contributed by atoms with E-state index in [1.54, 1.807) is 0 Å². The molecule has 0 atom stereocenters. The van der Waals surface area contributed by atoms with Gasteiger partial charge in [-0.1, -0.05) is 76.2 Å². The van der Waals surface area contributed by atoms with E-state index >= 15 is 0 Å². The summed E-state index contributed by atoms with van der Waals surface area (Å²) in [5.41, 5.74) is 10.5. The Bertz CT molecular complexity index is 1250. The summed E-state index contributed by atoms with van der Waals surface area (Å²) < 4.78 is 0. The van der Waals surface area contributed by atoms with Crippen LogP contribution in [0.1, 0.15) is 94.5 Å². The zero-order valence-electron chi connectivity index (χ0n) is 24.1. The van der Waals surface area contributed by atoms with Crippen LogP contribution in [-0.4, -0.2) is 20.4 Å². The number of hydrogen-bond donors (Lipinski definition) is 4. The van der Waals surface area contributed by atoms with Crippen molar-refractivity contribution in [3.8, 4) is 23.0 Å². The molecule has 0 heterocycles. The number of aryl methyl sites for hydroxylation is 4. The molecule has 4 aromatic rings. The van der Waals surface area contributed by atoms with Crippen LogP contribution in [0.2, 0.25) is 0 Å². The van der Waals surface area contributed by atoms with Gasteiger partial charge >= 0.3 is 0 Å². The minimum Gasteiger partial charge on any atom is -0.507 e. The highest BCUT2D eigenvalue weighted by molar-refractivity contribution is 5.57. The van der Waals surface area contributed by atoms with Crippen LogP contribution < -0.4 is 0 Å². The third kappa shape index (κ3) is 5.28. The average Bonchev–Trinajstić information content (AvgIpc) is 2.95. The number of aromatic hydroxyl groups is 4. The van der Waals surface area contributed by atoms with Crippen LogP contribution in [0.15, 0.2) is 48.5 Å². The monoisotopic (exact) mass is 536 g/mol. The molecule has 0 saturated heterocycles. The third-order valence-corrected chi connectivity index (χ3v) is 8.47. The number of phenols is 4. The third-order valence-electron chi connectivity index (χ3n) is 8.47. The maximum Gasteiger partial charge on any atom is 0.122 e. The molecule has 0 aliphatic heterocycles. The second-order valence-corrected chi connectivity index (χ2v) is 11.2. The lowest BCUT2D eigenvalue weighted by Gasteiger charge is -2.20. The Morgan fingerprint density at radius 1 is 0.350 bits per heavy atom. The van der Waals surface area contributed by atoms with E-state index in [0.29, 0.717) is 25.7 Å². The van der Waals surface area contributed by atoms with Crippen molar-refractivity contribution in [3.63, 3.8) is 0 Å². The molecule has 208 valence electrons. The molecule has 4 N–H and O–H groups in total. The van der Waals surface area contributed by atoms with Gasteiger partial charge in [0, 0.05) is 25.7 Å². The van der Waals surface area contributed by atoms with Crippen molar-refractivity contribution in [2.75, 3.05) is 0 Å². The Kier molecular flexibility index (Phi) is 7.80. The van der Waals surface area contributed by atoms with E-state index in [-0.39, 0.29) is 23.0 Å². The molecule has 0 unspecified atom stereocenters. The van der Waals surface area contributed by atoms with Crippen LogP contribution in [0.4, 0.5) is 0 Å². The summed E-state index contributed by atoms with van der Waals surface area (Å²) in [4.78, 5) is 0. The fourth-order valence-corrected chi connectivity index (χ4v) is 6.04. The molecule has 1 aliphatic carbocycles. The normalized spacial score (nSPS) is 12.9. The van der Waals surface area contributed by atoms with E-state index in [1.165, 1.54) is 0 Å². The maximum absolute atomic E-state index is 11.5. The van der Waals surface area contributed by atoms with Crippen molar-refractivity contribution >= 4 is 0 Å². The highest BCUT2D eigenvalue weighted by Crippen LogP contribution is 2.39. The predicted molar refractivity (Wildman–Crippen MR) is 161 cm³/mol. The van der Waals surface area contributed by atoms with Crippen LogP contribution in [0.5, 0.6) is 23.0 Å². The first-order chi connectivity index (χ1) is 19.2. The molecule has 4 nitrogen and oxygen atoms in total. The van der Waals surface area contributed by atoms with Gasteiger partial charge in [0.2, 0.25) is 0 Å². The van der Waals surface area contributed by atoms with Crippen molar-refractivity contribution in [1.29, 1.82) is 0 Å². The number of fused-ring (bicyclic) bond motifs is 8. The molecule has 0 amide bonds. The summed E-state index contributed by atoms with van der Waals surface area (Å²) in [5, 5.41) is 45.9. The summed E-state index contributed by atoms with van der Waals surface area (Å²) in [6, 6.07) is 16.2. The lowest BCUT2D eigenvalue weighted by molar-refractivity contribution is 0.450. The fraction of sp³-hybridized carbons (Fsp3) is 0.333. The molecule has 0 spiro atoms. The molecule has 5 rings (SSSR count). The lowest BCUT2D eigenvalue weighted by Crippen LogP contribution is -2.04. The van der Waals surface area contributed by atoms with Crippen LogP contribution in [0, 0.1) is 0 Å². The Labute approximate surface area is 237 Å². The Hall–Kier alpha value is -3.92. The van der Waals surface area contributed by atoms with Gasteiger partial charge < -0.3 is 20.4 Å². The van der Waals surface area contributed by atoms with Crippen LogP contribution in [0.3, 0.4) is 0 Å². The van der Waals surface area contributed by atoms with E-state index in [4.69, 9.17) is 0 Å². The SMILES string of the molecule is CCc1cc2c(O)c(c1)Cc1cc(CC)cc(c1O)Cc1cc(CC)cc(c1O)Cc1cc(CC)cc(c1O)C2. The molecule has 0 saturated carbocycles. The molecule has 0 radical (unpaired) electrons. The smallest absolute Gasteiger partial charge is 0.122 e. The molecule has 4 aromatic carbocycles. The minimum atomic E-state index is 0.213. The lowest BCUT2D eigenvalue weighted by atomic mass is 9.88. The number of hydrogen-bond acceptors (Lipinski definition) is 4. The van der Waals surface area contributed by atoms with Crippen LogP contribution in [0.25, 0.3) is 0 Å². The van der Waals surface area contributed by atoms with Gasteiger partial charge in [0.1, 0.15) is 23.0 Å². The van der Waals surface area contributed by atoms with Crippen LogP contribution >= 0.6 is 0 Å². The molecular formula is C36H40O4. The van der Waals surface area contributed by atoms with Gasteiger partial charge in [-0.2, -0.15) is 0 Å². The van der Waals surface area contributed by atoms with Gasteiger partial charge in [0.05, 0.1) is 0 Å². The molecule has 0 aromatic heterocycles. The van der Waals surface area contributed by atoms with Gasteiger partial charge in [-0.05, 0) is 92.4 Å². The fourth-order valence-electron chi connectivity index (χ4n) is 6.04. The molecule has 40 heavy (non-hydrogen) atoms. The molecule has 4 heteroatoms. The van der Waals surface area contributed by atoms with Gasteiger partial charge in [-0.25, -0.2) is 0 Å². The van der Waals surface area contributed by atoms with E-state index < -0.39 is 0 Å². The Balaban J connectivity index is 1.80. The highest BCUT2D eigenvalue weighted by Gasteiger charge is 2.21. The Morgan fingerprint density at radius 3 is 0.625 bits per heavy atom. The largest absolute Gasteiger partial charge is 0.507 e. The average molecular weight is 537 g/mol. The second-order valence-electron chi connectivity index (χ2n) is 11.2. The first-order valence-corrected chi connectivity index (χ1v) is 14.6. The summed E-state index contributed by atoms with van der Waals surface area (Å²) >= 11 is 0. The van der Waals surface area contributed by atoms with Gasteiger partial charge in [-0.15, -0.1) is 0 Å². The summed E-state index contributed by atoms with van der Waals surface area (Å²) in [6.07, 6.45) is 4.79. The van der Waals surface area contributed by atoms with E-state index in [1.807, 2.05) is 48.5 Å². The zero-order valence-corrected chi connectivity index (χ0v) is 24.1. The second kappa shape index (κ2) is 11.3. The molecule has 8 bridgehead atoms. The number of phenolic OH excluding ortho intramolecular Hbond substituents is 4. The highest BCUT2D eigenvalue weighted by atomic mass is 16.3. The molecule has 1 aliphatic rings. The Morgan fingerprint density at radius 2 is 0.500 bits per heavy atom. The summed E-state index contributed by atoms with van der Waals surface area (Å²) in [7, 11) is 0. The zero-order chi connectivity index (χ0) is 28.6. The summed E-state index contributed by atoms with van der Waals surface area (Å²) in [5.74, 6) is 0.854. The van der Waals surface area contributed by atoms with Crippen LogP contribution in [-0.2, 0) is 51.4 Å². The van der Waals surface area contributed by atoms with E-state index in [9.17, 15) is 20.4 Å². The van der Waals surface area contributed by atoms with E-state index in [2.05, 4.69) is 27.7 Å². The van der Waals surface area contributed by atoms with Gasteiger partial charge in [0.15, 0.2) is 0 Å². The van der Waals surface area contributed by atoms with Gasteiger partial charge in [0.25, 0.3) is 0 Å². The standard InChI is InChI=1S/C36H40O4/c1-5-21-9-25-17-27-11-22(6-2)13-29(34(27)38)19-31-15-24(8-4)16-32(36(31)40)20-30-14-23(7-3)12-28(35(30)39)18-26(10-21)33(25)37/h9-16,37-40H,5-8,17-20H2,1-4H3. The minimum absolute atomic E-state index is 0.213. The van der Waals surface area contributed by atoms with Crippen molar-refractivity contribution < 1.29 is 20.4 Å². The first-order valence-electron chi connectivity index (χ1n) is 14.6. The topological polar surface area (TPSA) is 80.9 Å². The number of rotatable bonds is 4. The van der Waals surface area contributed by atoms with Crippen molar-refractivity contribution in [2.45, 2.75) is 79.1 Å².